The van der Waals surface area contributed by atoms with Crippen molar-refractivity contribution in [3.8, 4) is 0 Å². The van der Waals surface area contributed by atoms with Crippen molar-refractivity contribution >= 4 is 21.6 Å². The molecule has 0 aromatic heterocycles. The molecule has 1 saturated carbocycles. The summed E-state index contributed by atoms with van der Waals surface area (Å²) in [5, 5.41) is 2.71. The lowest BCUT2D eigenvalue weighted by molar-refractivity contribution is 0.102. The Balaban J connectivity index is 1.80. The molecule has 3 rings (SSSR count). The molecule has 0 spiro atoms. The van der Waals surface area contributed by atoms with E-state index in [2.05, 4.69) is 10.0 Å². The fourth-order valence-electron chi connectivity index (χ4n) is 2.71. The molecule has 1 aliphatic rings. The van der Waals surface area contributed by atoms with E-state index in [1.165, 1.54) is 36.4 Å². The van der Waals surface area contributed by atoms with E-state index >= 15 is 0 Å². The molecule has 0 bridgehead atoms. The number of sulfonamides is 1. The van der Waals surface area contributed by atoms with Crippen molar-refractivity contribution < 1.29 is 17.6 Å². The van der Waals surface area contributed by atoms with Gasteiger partial charge >= 0.3 is 0 Å². The van der Waals surface area contributed by atoms with Crippen LogP contribution in [-0.4, -0.2) is 20.4 Å². The predicted octanol–water partition coefficient (Wildman–Crippen LogP) is 3.64. The highest BCUT2D eigenvalue weighted by Crippen LogP contribution is 2.42. The van der Waals surface area contributed by atoms with Crippen LogP contribution in [0.5, 0.6) is 0 Å². The van der Waals surface area contributed by atoms with Gasteiger partial charge in [-0.15, -0.1) is 0 Å². The van der Waals surface area contributed by atoms with Gasteiger partial charge in [-0.25, -0.2) is 17.5 Å². The first kappa shape index (κ1) is 18.5. The number of nitrogens with one attached hydrogen (secondary N) is 2. The Morgan fingerprint density at radius 2 is 1.88 bits per heavy atom. The fourth-order valence-corrected chi connectivity index (χ4v) is 4.01. The number of anilines is 1. The smallest absolute Gasteiger partial charge is 0.255 e. The molecule has 1 fully saturated rings. The predicted molar refractivity (Wildman–Crippen MR) is 98.2 cm³/mol. The third-order valence-corrected chi connectivity index (χ3v) is 5.72. The average molecular weight is 376 g/mol. The number of rotatable bonds is 6. The topological polar surface area (TPSA) is 75.3 Å². The van der Waals surface area contributed by atoms with Gasteiger partial charge in [-0.05, 0) is 74.6 Å². The molecule has 1 aliphatic carbocycles. The summed E-state index contributed by atoms with van der Waals surface area (Å²) in [4.78, 5) is 12.5. The minimum Gasteiger partial charge on any atom is -0.322 e. The molecule has 138 valence electrons. The Kier molecular flexibility index (Phi) is 5.11. The van der Waals surface area contributed by atoms with Crippen LogP contribution in [0.4, 0.5) is 10.1 Å². The van der Waals surface area contributed by atoms with E-state index in [9.17, 15) is 17.6 Å². The lowest BCUT2D eigenvalue weighted by atomic mass is 10.1. The molecule has 26 heavy (non-hydrogen) atoms. The molecule has 0 aliphatic heterocycles. The molecule has 0 radical (unpaired) electrons. The Labute approximate surface area is 152 Å². The normalized spacial score (nSPS) is 14.5. The van der Waals surface area contributed by atoms with Crippen LogP contribution in [0.3, 0.4) is 0 Å². The SMILES string of the molecule is CC(C)NS(=O)(=O)c1cccc(C(=O)Nc2ccc(F)c(C3CC3)c2)c1. The van der Waals surface area contributed by atoms with Gasteiger partial charge in [0.15, 0.2) is 0 Å². The van der Waals surface area contributed by atoms with Crippen LogP contribution in [0.2, 0.25) is 0 Å². The lowest BCUT2D eigenvalue weighted by Crippen LogP contribution is -2.30. The lowest BCUT2D eigenvalue weighted by Gasteiger charge is -2.11. The molecule has 1 amide bonds. The van der Waals surface area contributed by atoms with E-state index < -0.39 is 15.9 Å². The zero-order chi connectivity index (χ0) is 18.9. The van der Waals surface area contributed by atoms with E-state index in [0.717, 1.165) is 12.8 Å². The summed E-state index contributed by atoms with van der Waals surface area (Å²) in [6, 6.07) is 10.1. The molecular formula is C19H21FN2O3S. The summed E-state index contributed by atoms with van der Waals surface area (Å²) in [6.07, 6.45) is 1.91. The van der Waals surface area contributed by atoms with E-state index in [1.54, 1.807) is 19.9 Å². The summed E-state index contributed by atoms with van der Waals surface area (Å²) in [5.74, 6) is -0.485. The molecule has 0 saturated heterocycles. The Bertz CT molecular complexity index is 938. The summed E-state index contributed by atoms with van der Waals surface area (Å²) in [7, 11) is -3.68. The van der Waals surface area contributed by atoms with Crippen molar-refractivity contribution in [1.29, 1.82) is 0 Å². The van der Waals surface area contributed by atoms with E-state index in [-0.39, 0.29) is 28.2 Å². The average Bonchev–Trinajstić information content (AvgIpc) is 3.40. The first-order valence-corrected chi connectivity index (χ1v) is 9.98. The molecule has 2 aromatic rings. The summed E-state index contributed by atoms with van der Waals surface area (Å²) >= 11 is 0. The van der Waals surface area contributed by atoms with Crippen molar-refractivity contribution in [3.63, 3.8) is 0 Å². The highest BCUT2D eigenvalue weighted by molar-refractivity contribution is 7.89. The molecule has 7 heteroatoms. The Morgan fingerprint density at radius 1 is 1.15 bits per heavy atom. The van der Waals surface area contributed by atoms with E-state index in [4.69, 9.17) is 0 Å². The number of halogens is 1. The van der Waals surface area contributed by atoms with Gasteiger partial charge in [0.05, 0.1) is 4.90 Å². The molecule has 2 N–H and O–H groups in total. The standard InChI is InChI=1S/C19H21FN2O3S/c1-12(2)22-26(24,25)16-5-3-4-14(10-16)19(23)21-15-8-9-18(20)17(11-15)13-6-7-13/h3-5,8-13,22H,6-7H2,1-2H3,(H,21,23). The van der Waals surface area contributed by atoms with Crippen molar-refractivity contribution in [2.75, 3.05) is 5.32 Å². The monoisotopic (exact) mass is 376 g/mol. The molecule has 2 aromatic carbocycles. The maximum atomic E-state index is 13.8. The Hall–Kier alpha value is -2.25. The second-order valence-corrected chi connectivity index (χ2v) is 8.48. The number of carbonyl (C=O) groups is 1. The molecular weight excluding hydrogens is 355 g/mol. The highest BCUT2D eigenvalue weighted by Gasteiger charge is 2.27. The first-order valence-electron chi connectivity index (χ1n) is 8.49. The van der Waals surface area contributed by atoms with Crippen LogP contribution in [0.1, 0.15) is 48.5 Å². The van der Waals surface area contributed by atoms with Crippen LogP contribution < -0.4 is 10.0 Å². The fraction of sp³-hybridized carbons (Fsp3) is 0.316. The van der Waals surface area contributed by atoms with Crippen LogP contribution >= 0.6 is 0 Å². The number of benzene rings is 2. The van der Waals surface area contributed by atoms with Crippen LogP contribution in [0, 0.1) is 5.82 Å². The quantitative estimate of drug-likeness (QED) is 0.808. The molecule has 0 heterocycles. The maximum Gasteiger partial charge on any atom is 0.255 e. The van der Waals surface area contributed by atoms with Gasteiger partial charge in [0.25, 0.3) is 5.91 Å². The van der Waals surface area contributed by atoms with Gasteiger partial charge < -0.3 is 5.32 Å². The van der Waals surface area contributed by atoms with Gasteiger partial charge in [-0.3, -0.25) is 4.79 Å². The van der Waals surface area contributed by atoms with Gasteiger partial charge in [0, 0.05) is 17.3 Å². The molecule has 0 atom stereocenters. The second kappa shape index (κ2) is 7.17. The number of hydrogen-bond acceptors (Lipinski definition) is 3. The van der Waals surface area contributed by atoms with Crippen molar-refractivity contribution in [2.24, 2.45) is 0 Å². The molecule has 5 nitrogen and oxygen atoms in total. The third kappa shape index (κ3) is 4.28. The largest absolute Gasteiger partial charge is 0.322 e. The van der Waals surface area contributed by atoms with Crippen molar-refractivity contribution in [1.82, 2.24) is 4.72 Å². The van der Waals surface area contributed by atoms with Crippen LogP contribution in [-0.2, 0) is 10.0 Å². The van der Waals surface area contributed by atoms with Crippen LogP contribution in [0.15, 0.2) is 47.4 Å². The first-order chi connectivity index (χ1) is 12.3. The summed E-state index contributed by atoms with van der Waals surface area (Å²) in [6.45, 7) is 3.44. The zero-order valence-corrected chi connectivity index (χ0v) is 15.4. The zero-order valence-electron chi connectivity index (χ0n) is 14.6. The van der Waals surface area contributed by atoms with Gasteiger partial charge in [0.1, 0.15) is 5.82 Å². The van der Waals surface area contributed by atoms with Crippen molar-refractivity contribution in [2.45, 2.75) is 43.5 Å². The minimum atomic E-state index is -3.68. The minimum absolute atomic E-state index is 0.0247. The van der Waals surface area contributed by atoms with Crippen molar-refractivity contribution in [3.05, 3.63) is 59.4 Å². The number of amides is 1. The molecule has 0 unspecified atom stereocenters. The van der Waals surface area contributed by atoms with Crippen LogP contribution in [0.25, 0.3) is 0 Å². The summed E-state index contributed by atoms with van der Waals surface area (Å²) in [5.41, 5.74) is 1.32. The van der Waals surface area contributed by atoms with Gasteiger partial charge in [-0.1, -0.05) is 6.07 Å². The van der Waals surface area contributed by atoms with E-state index in [1.807, 2.05) is 0 Å². The van der Waals surface area contributed by atoms with E-state index in [0.29, 0.717) is 11.3 Å². The van der Waals surface area contributed by atoms with Gasteiger partial charge in [-0.2, -0.15) is 0 Å². The Morgan fingerprint density at radius 3 is 2.54 bits per heavy atom. The highest BCUT2D eigenvalue weighted by atomic mass is 32.2. The third-order valence-electron chi connectivity index (χ3n) is 4.07. The number of hydrogen-bond donors (Lipinski definition) is 2. The number of carbonyl (C=O) groups excluding carboxylic acids is 1. The maximum absolute atomic E-state index is 13.8. The summed E-state index contributed by atoms with van der Waals surface area (Å²) < 4.78 is 40.8. The van der Waals surface area contributed by atoms with Gasteiger partial charge in [0.2, 0.25) is 10.0 Å². The second-order valence-electron chi connectivity index (χ2n) is 6.77.